The van der Waals surface area contributed by atoms with Gasteiger partial charge in [-0.15, -0.1) is 0 Å². The summed E-state index contributed by atoms with van der Waals surface area (Å²) in [5, 5.41) is 0. The Kier molecular flexibility index (Phi) is 9.68. The highest BCUT2D eigenvalue weighted by molar-refractivity contribution is 7.87. The number of halogens is 3. The molecule has 0 bridgehead atoms. The minimum Gasteiger partial charge on any atom is -0.373 e. The van der Waals surface area contributed by atoms with Gasteiger partial charge in [0.2, 0.25) is 0 Å². The average Bonchev–Trinajstić information content (AvgIpc) is 2.64. The Morgan fingerprint density at radius 2 is 1.74 bits per heavy atom. The molecule has 2 heterocycles. The lowest BCUT2D eigenvalue weighted by molar-refractivity contribution is -0.248. The van der Waals surface area contributed by atoms with Gasteiger partial charge in [-0.25, -0.2) is 0 Å². The van der Waals surface area contributed by atoms with Gasteiger partial charge in [-0.05, 0) is 6.92 Å². The Bertz CT molecular complexity index is 634. The van der Waals surface area contributed by atoms with Gasteiger partial charge in [0.1, 0.15) is 25.1 Å². The largest absolute Gasteiger partial charge is 0.523 e. The van der Waals surface area contributed by atoms with Crippen molar-refractivity contribution in [2.75, 3.05) is 20.0 Å². The van der Waals surface area contributed by atoms with Gasteiger partial charge in [0.15, 0.2) is 0 Å². The quantitative estimate of drug-likeness (QED) is 0.546. The summed E-state index contributed by atoms with van der Waals surface area (Å²) < 4.78 is 77.8. The minimum absolute atomic E-state index is 0.0104. The zero-order valence-corrected chi connectivity index (χ0v) is 16.3. The first-order chi connectivity index (χ1) is 12.7. The van der Waals surface area contributed by atoms with E-state index in [4.69, 9.17) is 14.2 Å². The van der Waals surface area contributed by atoms with Crippen LogP contribution in [0.15, 0.2) is 30.3 Å². The van der Waals surface area contributed by atoms with Crippen molar-refractivity contribution in [3.63, 3.8) is 0 Å². The van der Waals surface area contributed by atoms with Gasteiger partial charge in [0.05, 0.1) is 6.61 Å². The molecule has 10 heteroatoms. The van der Waals surface area contributed by atoms with Crippen molar-refractivity contribution in [3.05, 3.63) is 35.9 Å². The fraction of sp³-hybridized carbons (Fsp3) is 0.647. The Morgan fingerprint density at radius 3 is 2.26 bits per heavy atom. The van der Waals surface area contributed by atoms with Crippen LogP contribution in [-0.2, 0) is 28.5 Å². The first-order valence-corrected chi connectivity index (χ1v) is 9.93. The molecule has 2 fully saturated rings. The van der Waals surface area contributed by atoms with Crippen molar-refractivity contribution in [1.82, 2.24) is 0 Å². The minimum atomic E-state index is -5.62. The number of hydrogen-bond acceptors (Lipinski definition) is 6. The van der Waals surface area contributed by atoms with E-state index in [0.29, 0.717) is 0 Å². The van der Waals surface area contributed by atoms with Crippen molar-refractivity contribution in [2.45, 2.75) is 51.0 Å². The third kappa shape index (κ3) is 7.38. The Hall–Kier alpha value is -1.20. The van der Waals surface area contributed by atoms with Crippen LogP contribution in [0.3, 0.4) is 0 Å². The van der Waals surface area contributed by atoms with E-state index in [2.05, 4.69) is 23.2 Å². The zero-order valence-electron chi connectivity index (χ0n) is 15.4. The van der Waals surface area contributed by atoms with Crippen LogP contribution in [0.1, 0.15) is 25.8 Å². The van der Waals surface area contributed by atoms with Crippen LogP contribution in [-0.4, -0.2) is 52.2 Å². The molecular formula is C17H25F3O6S. The molecule has 2 aliphatic heterocycles. The van der Waals surface area contributed by atoms with Crippen molar-refractivity contribution in [3.8, 4) is 0 Å². The molecule has 0 aromatic heterocycles. The lowest BCUT2D eigenvalue weighted by Crippen LogP contribution is -2.53. The summed E-state index contributed by atoms with van der Waals surface area (Å²) in [6.07, 6.45) is -2.68. The van der Waals surface area contributed by atoms with Gasteiger partial charge < -0.3 is 14.2 Å². The SMILES string of the molecule is CC.Cc1ccccc1.O=S(=O)(OC1CCOC2COCOC21)C(F)(F)F. The molecule has 3 atom stereocenters. The number of rotatable bonds is 2. The van der Waals surface area contributed by atoms with Gasteiger partial charge in [0.25, 0.3) is 0 Å². The maximum absolute atomic E-state index is 12.2. The highest BCUT2D eigenvalue weighted by Crippen LogP contribution is 2.31. The van der Waals surface area contributed by atoms with Crippen LogP contribution in [0.5, 0.6) is 0 Å². The average molecular weight is 414 g/mol. The zero-order chi connectivity index (χ0) is 20.5. The second kappa shape index (κ2) is 11.0. The predicted molar refractivity (Wildman–Crippen MR) is 92.4 cm³/mol. The third-order valence-corrected chi connectivity index (χ3v) is 4.63. The molecule has 2 saturated heterocycles. The summed E-state index contributed by atoms with van der Waals surface area (Å²) in [7, 11) is -5.62. The van der Waals surface area contributed by atoms with E-state index in [0.717, 1.165) is 0 Å². The lowest BCUT2D eigenvalue weighted by Gasteiger charge is -2.39. The number of aryl methyl sites for hydroxylation is 1. The number of alkyl halides is 3. The molecule has 0 N–H and O–H groups in total. The second-order valence-electron chi connectivity index (χ2n) is 5.51. The smallest absolute Gasteiger partial charge is 0.373 e. The monoisotopic (exact) mass is 414 g/mol. The Morgan fingerprint density at radius 1 is 1.11 bits per heavy atom. The molecular weight excluding hydrogens is 389 g/mol. The van der Waals surface area contributed by atoms with Crippen LogP contribution in [0.4, 0.5) is 13.2 Å². The molecule has 3 rings (SSSR count). The van der Waals surface area contributed by atoms with E-state index < -0.39 is 33.9 Å². The highest BCUT2D eigenvalue weighted by Gasteiger charge is 2.51. The molecule has 0 aliphatic carbocycles. The maximum atomic E-state index is 12.2. The molecule has 2 aliphatic rings. The summed E-state index contributed by atoms with van der Waals surface area (Å²) in [5.74, 6) is 0. The fourth-order valence-electron chi connectivity index (χ4n) is 2.34. The van der Waals surface area contributed by atoms with E-state index in [1.165, 1.54) is 5.56 Å². The number of fused-ring (bicyclic) bond motifs is 1. The van der Waals surface area contributed by atoms with E-state index in [9.17, 15) is 21.6 Å². The molecule has 0 radical (unpaired) electrons. The topological polar surface area (TPSA) is 71.1 Å². The van der Waals surface area contributed by atoms with E-state index in [-0.39, 0.29) is 26.4 Å². The summed E-state index contributed by atoms with van der Waals surface area (Å²) in [4.78, 5) is 0. The maximum Gasteiger partial charge on any atom is 0.523 e. The highest BCUT2D eigenvalue weighted by atomic mass is 32.2. The molecule has 1 aromatic carbocycles. The van der Waals surface area contributed by atoms with Crippen LogP contribution in [0.25, 0.3) is 0 Å². The van der Waals surface area contributed by atoms with Crippen LogP contribution >= 0.6 is 0 Å². The summed E-state index contributed by atoms with van der Waals surface area (Å²) >= 11 is 0. The fourth-order valence-corrected chi connectivity index (χ4v) is 2.98. The molecule has 6 nitrogen and oxygen atoms in total. The van der Waals surface area contributed by atoms with Crippen LogP contribution < -0.4 is 0 Å². The number of benzene rings is 1. The Labute approximate surface area is 157 Å². The van der Waals surface area contributed by atoms with Gasteiger partial charge in [-0.1, -0.05) is 49.7 Å². The summed E-state index contributed by atoms with van der Waals surface area (Å²) in [5.41, 5.74) is -4.12. The van der Waals surface area contributed by atoms with Gasteiger partial charge in [-0.2, -0.15) is 21.6 Å². The number of ether oxygens (including phenoxy) is 3. The second-order valence-corrected chi connectivity index (χ2v) is 7.07. The Balaban J connectivity index is 0.000000338. The van der Waals surface area contributed by atoms with E-state index in [1.54, 1.807) is 0 Å². The van der Waals surface area contributed by atoms with Crippen molar-refractivity contribution in [1.29, 1.82) is 0 Å². The first-order valence-electron chi connectivity index (χ1n) is 8.53. The normalized spacial score (nSPS) is 25.2. The summed E-state index contributed by atoms with van der Waals surface area (Å²) in [6.45, 7) is 6.18. The van der Waals surface area contributed by atoms with Crippen molar-refractivity contribution < 1.29 is 40.0 Å². The predicted octanol–water partition coefficient (Wildman–Crippen LogP) is 3.40. The first kappa shape index (κ1) is 23.8. The molecule has 0 saturated carbocycles. The molecule has 1 aromatic rings. The van der Waals surface area contributed by atoms with E-state index in [1.807, 2.05) is 32.0 Å². The van der Waals surface area contributed by atoms with E-state index >= 15 is 0 Å². The molecule has 0 amide bonds. The van der Waals surface area contributed by atoms with Crippen molar-refractivity contribution in [2.24, 2.45) is 0 Å². The molecule has 27 heavy (non-hydrogen) atoms. The van der Waals surface area contributed by atoms with Crippen molar-refractivity contribution >= 4 is 10.1 Å². The summed E-state index contributed by atoms with van der Waals surface area (Å²) in [6, 6.07) is 10.3. The molecule has 156 valence electrons. The van der Waals surface area contributed by atoms with Gasteiger partial charge in [-0.3, -0.25) is 4.18 Å². The van der Waals surface area contributed by atoms with Gasteiger partial charge >= 0.3 is 15.6 Å². The third-order valence-electron chi connectivity index (χ3n) is 3.57. The molecule has 0 spiro atoms. The van der Waals surface area contributed by atoms with Gasteiger partial charge in [0, 0.05) is 13.0 Å². The number of hydrogen-bond donors (Lipinski definition) is 0. The lowest BCUT2D eigenvalue weighted by atomic mass is 10.0. The standard InChI is InChI=1S/C8H11F3O6S.C7H8.C2H6/c9-8(10,11)18(12,13)17-5-1-2-15-6-3-14-4-16-7(5)6;1-7-5-3-2-4-6-7;1-2/h5-7H,1-4H2;2-6H,1H3;1-2H3. The van der Waals surface area contributed by atoms with Crippen LogP contribution in [0.2, 0.25) is 0 Å². The van der Waals surface area contributed by atoms with Crippen LogP contribution in [0, 0.1) is 6.92 Å². The molecule has 3 unspecified atom stereocenters.